The van der Waals surface area contributed by atoms with Crippen LogP contribution in [-0.2, 0) is 14.3 Å². The maximum Gasteiger partial charge on any atom is 0.295 e. The van der Waals surface area contributed by atoms with Gasteiger partial charge in [0.2, 0.25) is 0 Å². The molecular formula is C21H23NO7. The lowest BCUT2D eigenvalue weighted by atomic mass is 9.98. The van der Waals surface area contributed by atoms with Gasteiger partial charge in [0.05, 0.1) is 26.4 Å². The molecule has 1 amide bonds. The predicted molar refractivity (Wildman–Crippen MR) is 104 cm³/mol. The van der Waals surface area contributed by atoms with Crippen LogP contribution in [0.1, 0.15) is 23.1 Å². The Bertz CT molecular complexity index is 937. The number of hydrogen-bond donors (Lipinski definition) is 1. The van der Waals surface area contributed by atoms with Gasteiger partial charge in [-0.3, -0.25) is 9.59 Å². The molecule has 1 saturated heterocycles. The van der Waals surface area contributed by atoms with Crippen molar-refractivity contribution in [2.45, 2.75) is 13.0 Å². The first kappa shape index (κ1) is 20.5. The van der Waals surface area contributed by atoms with Crippen LogP contribution in [0.4, 0.5) is 0 Å². The Kier molecular flexibility index (Phi) is 5.93. The number of methoxy groups -OCH3 is 3. The summed E-state index contributed by atoms with van der Waals surface area (Å²) in [7, 11) is 4.38. The van der Waals surface area contributed by atoms with Gasteiger partial charge in [0.1, 0.15) is 40.4 Å². The highest BCUT2D eigenvalue weighted by Gasteiger charge is 2.47. The van der Waals surface area contributed by atoms with Crippen LogP contribution in [0.25, 0.3) is 5.76 Å². The lowest BCUT2D eigenvalue weighted by molar-refractivity contribution is -0.140. The van der Waals surface area contributed by atoms with Gasteiger partial charge in [0.15, 0.2) is 0 Å². The number of hydrogen-bond acceptors (Lipinski definition) is 7. The largest absolute Gasteiger partial charge is 0.506 e. The zero-order valence-electron chi connectivity index (χ0n) is 16.7. The summed E-state index contributed by atoms with van der Waals surface area (Å²) >= 11 is 0. The first-order chi connectivity index (χ1) is 13.9. The van der Waals surface area contributed by atoms with Gasteiger partial charge in [-0.25, -0.2) is 0 Å². The average Bonchev–Trinajstić information content (AvgIpc) is 3.26. The Hall–Kier alpha value is -3.26. The van der Waals surface area contributed by atoms with Crippen molar-refractivity contribution >= 4 is 17.4 Å². The summed E-state index contributed by atoms with van der Waals surface area (Å²) in [5.74, 6) is -0.349. The monoisotopic (exact) mass is 401 g/mol. The second-order valence-corrected chi connectivity index (χ2v) is 6.47. The molecule has 0 radical (unpaired) electrons. The summed E-state index contributed by atoms with van der Waals surface area (Å²) in [4.78, 5) is 27.0. The molecule has 1 aliphatic rings. The van der Waals surface area contributed by atoms with Crippen LogP contribution in [0.3, 0.4) is 0 Å². The Morgan fingerprint density at radius 1 is 1.10 bits per heavy atom. The highest BCUT2D eigenvalue weighted by Crippen LogP contribution is 2.43. The number of amides is 1. The van der Waals surface area contributed by atoms with Crippen molar-refractivity contribution < 1.29 is 33.3 Å². The molecule has 0 spiro atoms. The average molecular weight is 401 g/mol. The molecule has 1 aromatic carbocycles. The normalized spacial score (nSPS) is 18.3. The minimum Gasteiger partial charge on any atom is -0.506 e. The van der Waals surface area contributed by atoms with Gasteiger partial charge in [0.25, 0.3) is 11.7 Å². The number of carbonyl (C=O) groups is 2. The van der Waals surface area contributed by atoms with E-state index in [0.717, 1.165) is 0 Å². The van der Waals surface area contributed by atoms with Crippen molar-refractivity contribution in [3.8, 4) is 11.5 Å². The van der Waals surface area contributed by atoms with Gasteiger partial charge in [-0.05, 0) is 31.2 Å². The topological polar surface area (TPSA) is 98.4 Å². The van der Waals surface area contributed by atoms with E-state index in [1.54, 1.807) is 37.3 Å². The van der Waals surface area contributed by atoms with E-state index in [2.05, 4.69) is 0 Å². The molecule has 0 aliphatic carbocycles. The van der Waals surface area contributed by atoms with Gasteiger partial charge >= 0.3 is 0 Å². The smallest absolute Gasteiger partial charge is 0.295 e. The van der Waals surface area contributed by atoms with Crippen LogP contribution >= 0.6 is 0 Å². The van der Waals surface area contributed by atoms with Crippen molar-refractivity contribution in [2.24, 2.45) is 0 Å². The predicted octanol–water partition coefficient (Wildman–Crippen LogP) is 2.67. The summed E-state index contributed by atoms with van der Waals surface area (Å²) in [5, 5.41) is 11.2. The van der Waals surface area contributed by atoms with Gasteiger partial charge in [0, 0.05) is 13.7 Å². The standard InChI is InChI=1S/C21H23NO7/c1-12-8-9-15(29-12)18-17(20(24)21(25)22(18)10-11-26-2)19(23)16-13(27-3)6-5-7-14(16)28-4/h5-9,18,23H,10-11H2,1-4H3/b19-17+. The van der Waals surface area contributed by atoms with E-state index in [1.165, 1.54) is 26.2 Å². The molecule has 8 heteroatoms. The van der Waals surface area contributed by atoms with Gasteiger partial charge in [-0.2, -0.15) is 0 Å². The molecule has 154 valence electrons. The van der Waals surface area contributed by atoms with Crippen LogP contribution in [0.2, 0.25) is 0 Å². The Morgan fingerprint density at radius 2 is 1.76 bits per heavy atom. The number of likely N-dealkylation sites (tertiary alicyclic amines) is 1. The first-order valence-corrected chi connectivity index (χ1v) is 8.99. The molecule has 2 heterocycles. The number of nitrogens with zero attached hydrogens (tertiary/aromatic N) is 1. The second kappa shape index (κ2) is 8.40. The van der Waals surface area contributed by atoms with Crippen molar-refractivity contribution in [1.82, 2.24) is 4.90 Å². The number of ketones is 1. The van der Waals surface area contributed by atoms with E-state index in [0.29, 0.717) is 23.0 Å². The molecule has 2 aromatic rings. The summed E-state index contributed by atoms with van der Waals surface area (Å²) < 4.78 is 21.5. The number of aryl methyl sites for hydroxylation is 1. The molecule has 29 heavy (non-hydrogen) atoms. The lowest BCUT2D eigenvalue weighted by Crippen LogP contribution is -2.32. The second-order valence-electron chi connectivity index (χ2n) is 6.47. The minimum absolute atomic E-state index is 0.0942. The fraction of sp³-hybridized carbons (Fsp3) is 0.333. The number of aliphatic hydroxyl groups excluding tert-OH is 1. The Balaban J connectivity index is 2.24. The van der Waals surface area contributed by atoms with Crippen LogP contribution < -0.4 is 9.47 Å². The molecule has 1 atom stereocenters. The van der Waals surface area contributed by atoms with Crippen LogP contribution in [0, 0.1) is 6.92 Å². The summed E-state index contributed by atoms with van der Waals surface area (Å²) in [5.41, 5.74) is 0.0961. The molecule has 1 fully saturated rings. The summed E-state index contributed by atoms with van der Waals surface area (Å²) in [6, 6.07) is 7.47. The molecular weight excluding hydrogens is 378 g/mol. The van der Waals surface area contributed by atoms with Gasteiger partial charge in [-0.1, -0.05) is 6.07 Å². The Morgan fingerprint density at radius 3 is 2.28 bits per heavy atom. The third-order valence-corrected chi connectivity index (χ3v) is 4.77. The van der Waals surface area contributed by atoms with Crippen molar-refractivity contribution in [2.75, 3.05) is 34.5 Å². The molecule has 1 N–H and O–H groups in total. The highest BCUT2D eigenvalue weighted by atomic mass is 16.5. The molecule has 3 rings (SSSR count). The third kappa shape index (κ3) is 3.58. The first-order valence-electron chi connectivity index (χ1n) is 8.99. The zero-order chi connectivity index (χ0) is 21.1. The van der Waals surface area contributed by atoms with Crippen LogP contribution in [0.5, 0.6) is 11.5 Å². The number of benzene rings is 1. The summed E-state index contributed by atoms with van der Waals surface area (Å²) in [6.07, 6.45) is 0. The quantitative estimate of drug-likeness (QED) is 0.433. The fourth-order valence-corrected chi connectivity index (χ4v) is 3.42. The Labute approximate surface area is 168 Å². The molecule has 1 unspecified atom stereocenters. The van der Waals surface area contributed by atoms with E-state index in [9.17, 15) is 14.7 Å². The maximum absolute atomic E-state index is 12.9. The number of ether oxygens (including phenoxy) is 3. The molecule has 8 nitrogen and oxygen atoms in total. The highest BCUT2D eigenvalue weighted by molar-refractivity contribution is 6.46. The van der Waals surface area contributed by atoms with Gasteiger partial charge < -0.3 is 28.6 Å². The molecule has 1 aromatic heterocycles. The number of Topliss-reactive ketones (excluding diaryl/α,β-unsaturated/α-hetero) is 1. The van der Waals surface area contributed by atoms with E-state index < -0.39 is 23.5 Å². The maximum atomic E-state index is 12.9. The summed E-state index contributed by atoms with van der Waals surface area (Å²) in [6.45, 7) is 2.14. The number of aliphatic hydroxyl groups is 1. The van der Waals surface area contributed by atoms with E-state index >= 15 is 0 Å². The van der Waals surface area contributed by atoms with E-state index in [1.807, 2.05) is 0 Å². The minimum atomic E-state index is -0.895. The van der Waals surface area contributed by atoms with E-state index in [4.69, 9.17) is 18.6 Å². The van der Waals surface area contributed by atoms with E-state index in [-0.39, 0.29) is 24.3 Å². The molecule has 0 saturated carbocycles. The molecule has 1 aliphatic heterocycles. The number of rotatable bonds is 7. The number of carbonyl (C=O) groups excluding carboxylic acids is 2. The third-order valence-electron chi connectivity index (χ3n) is 4.77. The van der Waals surface area contributed by atoms with Gasteiger partial charge in [-0.15, -0.1) is 0 Å². The molecule has 0 bridgehead atoms. The van der Waals surface area contributed by atoms with Crippen molar-refractivity contribution in [3.63, 3.8) is 0 Å². The number of furan rings is 1. The lowest BCUT2D eigenvalue weighted by Gasteiger charge is -2.23. The van der Waals surface area contributed by atoms with Crippen LogP contribution in [-0.4, -0.2) is 56.2 Å². The van der Waals surface area contributed by atoms with Crippen molar-refractivity contribution in [1.29, 1.82) is 0 Å². The van der Waals surface area contributed by atoms with Crippen LogP contribution in [0.15, 0.2) is 40.3 Å². The SMILES string of the molecule is COCCN1C(=O)C(=O)/C(=C(/O)c2c(OC)cccc2OC)C1c1ccc(C)o1. The zero-order valence-corrected chi connectivity index (χ0v) is 16.7. The fourth-order valence-electron chi connectivity index (χ4n) is 3.42. The van der Waals surface area contributed by atoms with Crippen molar-refractivity contribution in [3.05, 3.63) is 53.0 Å².